The van der Waals surface area contributed by atoms with E-state index in [4.69, 9.17) is 17.3 Å². The highest BCUT2D eigenvalue weighted by Gasteiger charge is 2.29. The minimum Gasteiger partial charge on any atom is -0.315 e. The van der Waals surface area contributed by atoms with Crippen LogP contribution in [0.15, 0.2) is 30.3 Å². The van der Waals surface area contributed by atoms with Gasteiger partial charge in [0.1, 0.15) is 12.4 Å². The van der Waals surface area contributed by atoms with Crippen LogP contribution in [-0.2, 0) is 20.3 Å². The van der Waals surface area contributed by atoms with Gasteiger partial charge in [-0.25, -0.2) is 0 Å². The van der Waals surface area contributed by atoms with Crippen LogP contribution in [0.1, 0.15) is 30.1 Å². The van der Waals surface area contributed by atoms with Crippen LogP contribution in [0.2, 0.25) is 0 Å². The van der Waals surface area contributed by atoms with Crippen LogP contribution in [0.4, 0.5) is 0 Å². The van der Waals surface area contributed by atoms with Gasteiger partial charge in [0, 0.05) is 18.5 Å². The molecule has 1 fully saturated rings. The molecular formula is C15H21N4S+. The number of nitrogens with one attached hydrogen (secondary N) is 1. The van der Waals surface area contributed by atoms with E-state index in [0.29, 0.717) is 5.92 Å². The van der Waals surface area contributed by atoms with Crippen LogP contribution in [0.3, 0.4) is 0 Å². The fourth-order valence-corrected chi connectivity index (χ4v) is 2.76. The Morgan fingerprint density at radius 3 is 2.65 bits per heavy atom. The summed E-state index contributed by atoms with van der Waals surface area (Å²) in [5, 5.41) is 4.71. The first-order chi connectivity index (χ1) is 9.65. The van der Waals surface area contributed by atoms with E-state index in [1.54, 1.807) is 0 Å². The highest BCUT2D eigenvalue weighted by Crippen LogP contribution is 2.38. The molecule has 1 aliphatic rings. The summed E-state index contributed by atoms with van der Waals surface area (Å²) in [4.78, 5) is 1.38. The summed E-state index contributed by atoms with van der Waals surface area (Å²) in [6, 6.07) is 10.5. The molecule has 5 heteroatoms. The average Bonchev–Trinajstić information content (AvgIpc) is 3.23. The number of benzene rings is 1. The van der Waals surface area contributed by atoms with Gasteiger partial charge in [-0.05, 0) is 25.1 Å². The Morgan fingerprint density at radius 2 is 2.00 bits per heavy atom. The van der Waals surface area contributed by atoms with Gasteiger partial charge in [-0.1, -0.05) is 30.3 Å². The Morgan fingerprint density at radius 1 is 1.30 bits per heavy atom. The molecule has 4 nitrogen and oxygen atoms in total. The van der Waals surface area contributed by atoms with E-state index in [9.17, 15) is 0 Å². The normalized spacial score (nSPS) is 16.3. The Kier molecular flexibility index (Phi) is 3.72. The summed E-state index contributed by atoms with van der Waals surface area (Å²) in [5.74, 6) is 1.79. The summed E-state index contributed by atoms with van der Waals surface area (Å²) in [7, 11) is 4.21. The van der Waals surface area contributed by atoms with Gasteiger partial charge in [-0.3, -0.25) is 0 Å². The monoisotopic (exact) mass is 289 g/mol. The topological polar surface area (TPSA) is 27.2 Å². The quantitative estimate of drug-likeness (QED) is 0.845. The zero-order valence-electron chi connectivity index (χ0n) is 12.0. The molecule has 106 valence electrons. The minimum atomic E-state index is 0.636. The Bertz CT molecular complexity index is 640. The molecule has 0 radical (unpaired) electrons. The molecule has 1 atom stereocenters. The fourth-order valence-electron chi connectivity index (χ4n) is 2.56. The maximum Gasteiger partial charge on any atom is 0.202 e. The van der Waals surface area contributed by atoms with Crippen molar-refractivity contribution < 1.29 is 4.90 Å². The molecule has 0 bridgehead atoms. The molecule has 1 unspecified atom stereocenters. The predicted octanol–water partition coefficient (Wildman–Crippen LogP) is 1.50. The third-order valence-electron chi connectivity index (χ3n) is 3.79. The second kappa shape index (κ2) is 5.50. The van der Waals surface area contributed by atoms with Crippen molar-refractivity contribution in [3.05, 3.63) is 46.5 Å². The maximum absolute atomic E-state index is 5.49. The van der Waals surface area contributed by atoms with E-state index in [-0.39, 0.29) is 0 Å². The summed E-state index contributed by atoms with van der Waals surface area (Å²) in [6.07, 6.45) is 2.51. The van der Waals surface area contributed by atoms with Crippen molar-refractivity contribution >= 4 is 12.2 Å². The van der Waals surface area contributed by atoms with E-state index in [0.717, 1.165) is 23.8 Å². The lowest BCUT2D eigenvalue weighted by Crippen LogP contribution is -3.07. The molecule has 0 aliphatic heterocycles. The number of rotatable bonds is 5. The second-order valence-corrected chi connectivity index (χ2v) is 6.12. The average molecular weight is 289 g/mol. The van der Waals surface area contributed by atoms with Crippen molar-refractivity contribution in [2.45, 2.75) is 32.0 Å². The maximum atomic E-state index is 5.49. The molecule has 0 amide bonds. The molecule has 1 N–H and O–H groups in total. The van der Waals surface area contributed by atoms with E-state index < -0.39 is 0 Å². The summed E-state index contributed by atoms with van der Waals surface area (Å²) < 4.78 is 4.88. The minimum absolute atomic E-state index is 0.636. The van der Waals surface area contributed by atoms with Gasteiger partial charge in [0.2, 0.25) is 4.77 Å². The zero-order chi connectivity index (χ0) is 14.1. The molecular weight excluding hydrogens is 268 g/mol. The number of hydrogen-bond donors (Lipinski definition) is 1. The van der Waals surface area contributed by atoms with Gasteiger partial charge in [0.15, 0.2) is 6.67 Å². The molecule has 3 rings (SSSR count). The lowest BCUT2D eigenvalue weighted by molar-refractivity contribution is -0.917. The second-order valence-electron chi connectivity index (χ2n) is 5.75. The highest BCUT2D eigenvalue weighted by molar-refractivity contribution is 7.71. The van der Waals surface area contributed by atoms with Crippen molar-refractivity contribution in [3.8, 4) is 0 Å². The van der Waals surface area contributed by atoms with E-state index in [1.807, 2.05) is 11.7 Å². The molecule has 20 heavy (non-hydrogen) atoms. The lowest BCUT2D eigenvalue weighted by Gasteiger charge is -2.13. The van der Waals surface area contributed by atoms with E-state index in [1.165, 1.54) is 23.3 Å². The largest absolute Gasteiger partial charge is 0.315 e. The molecule has 0 spiro atoms. The van der Waals surface area contributed by atoms with Gasteiger partial charge >= 0.3 is 0 Å². The van der Waals surface area contributed by atoms with Crippen molar-refractivity contribution in [1.29, 1.82) is 0 Å². The zero-order valence-corrected chi connectivity index (χ0v) is 12.9. The first-order valence-corrected chi connectivity index (χ1v) is 7.55. The smallest absolute Gasteiger partial charge is 0.202 e. The van der Waals surface area contributed by atoms with Gasteiger partial charge in [-0.2, -0.15) is 9.78 Å². The molecule has 1 aliphatic carbocycles. The lowest BCUT2D eigenvalue weighted by atomic mass is 10.2. The fraction of sp³-hybridized carbons (Fsp3) is 0.467. The molecule has 2 aromatic rings. The van der Waals surface area contributed by atoms with Crippen LogP contribution >= 0.6 is 12.2 Å². The van der Waals surface area contributed by atoms with Crippen molar-refractivity contribution in [3.63, 3.8) is 0 Å². The summed E-state index contributed by atoms with van der Waals surface area (Å²) in [6.45, 7) is 1.80. The number of aromatic nitrogens is 3. The number of nitrogens with zero attached hydrogens (tertiary/aromatic N) is 3. The summed E-state index contributed by atoms with van der Waals surface area (Å²) in [5.41, 5.74) is 1.34. The summed E-state index contributed by atoms with van der Waals surface area (Å²) >= 11 is 5.49. The van der Waals surface area contributed by atoms with E-state index in [2.05, 4.69) is 41.9 Å². The van der Waals surface area contributed by atoms with Crippen LogP contribution in [-0.4, -0.2) is 21.4 Å². The van der Waals surface area contributed by atoms with E-state index >= 15 is 0 Å². The van der Waals surface area contributed by atoms with Gasteiger partial charge in [0.25, 0.3) is 0 Å². The van der Waals surface area contributed by atoms with Gasteiger partial charge < -0.3 is 9.47 Å². The van der Waals surface area contributed by atoms with Gasteiger partial charge in [0.05, 0.1) is 7.05 Å². The first kappa shape index (κ1) is 13.5. The molecule has 0 saturated heterocycles. The van der Waals surface area contributed by atoms with Crippen LogP contribution < -0.4 is 4.90 Å². The molecule has 1 aromatic carbocycles. The van der Waals surface area contributed by atoms with Crippen molar-refractivity contribution in [1.82, 2.24) is 14.3 Å². The van der Waals surface area contributed by atoms with Crippen LogP contribution in [0, 0.1) is 4.77 Å². The molecule has 1 heterocycles. The van der Waals surface area contributed by atoms with Gasteiger partial charge in [-0.15, -0.1) is 0 Å². The third-order valence-corrected chi connectivity index (χ3v) is 4.27. The van der Waals surface area contributed by atoms with Crippen LogP contribution in [0.25, 0.3) is 0 Å². The van der Waals surface area contributed by atoms with Crippen molar-refractivity contribution in [2.24, 2.45) is 7.05 Å². The Hall–Kier alpha value is -1.46. The first-order valence-electron chi connectivity index (χ1n) is 7.14. The molecule has 1 aromatic heterocycles. The Labute approximate surface area is 124 Å². The number of hydrogen-bond acceptors (Lipinski definition) is 2. The third kappa shape index (κ3) is 2.83. The Balaban J connectivity index is 1.71. The predicted molar refractivity (Wildman–Crippen MR) is 81.0 cm³/mol. The van der Waals surface area contributed by atoms with Crippen molar-refractivity contribution in [2.75, 3.05) is 7.05 Å². The molecule has 1 saturated carbocycles. The number of quaternary nitrogens is 1. The highest BCUT2D eigenvalue weighted by atomic mass is 32.1. The van der Waals surface area contributed by atoms with Crippen LogP contribution in [0.5, 0.6) is 0 Å². The SMILES string of the molecule is Cn1c(C2CC2)nn(C[NH+](C)Cc2ccccc2)c1=S. The standard InChI is InChI=1S/C15H20N4S/c1-17(10-12-6-4-3-5-7-12)11-19-15(20)18(2)14(16-19)13-8-9-13/h3-7,13H,8-11H2,1-2H3/p+1.